The average Bonchev–Trinajstić information content (AvgIpc) is 2.33. The minimum Gasteiger partial charge on any atom is -0.484 e. The summed E-state index contributed by atoms with van der Waals surface area (Å²) in [7, 11) is 0. The number of halogens is 1. The van der Waals surface area contributed by atoms with Gasteiger partial charge in [0.1, 0.15) is 11.4 Å². The van der Waals surface area contributed by atoms with Crippen LogP contribution in [0.1, 0.15) is 26.7 Å². The van der Waals surface area contributed by atoms with Crippen molar-refractivity contribution >= 4 is 23.2 Å². The molecule has 19 heavy (non-hydrogen) atoms. The van der Waals surface area contributed by atoms with Crippen LogP contribution in [0.15, 0.2) is 35.9 Å². The molecule has 0 spiro atoms. The molecule has 0 fully saturated rings. The van der Waals surface area contributed by atoms with Crippen molar-refractivity contribution in [3.63, 3.8) is 0 Å². The number of fused-ring (bicyclic) bond motifs is 1. The molecule has 0 saturated carbocycles. The van der Waals surface area contributed by atoms with Crippen molar-refractivity contribution in [2.45, 2.75) is 32.3 Å². The molecule has 2 rings (SSSR count). The van der Waals surface area contributed by atoms with E-state index in [9.17, 15) is 4.79 Å². The minimum absolute atomic E-state index is 0.0469. The van der Waals surface area contributed by atoms with Gasteiger partial charge in [-0.05, 0) is 32.4 Å². The molecule has 1 aliphatic rings. The minimum atomic E-state index is -0.387. The molecule has 102 valence electrons. The Morgan fingerprint density at radius 3 is 2.79 bits per heavy atom. The van der Waals surface area contributed by atoms with Gasteiger partial charge in [0.05, 0.1) is 12.2 Å². The molecule has 0 unspecified atom stereocenters. The van der Waals surface area contributed by atoms with Crippen molar-refractivity contribution in [2.24, 2.45) is 0 Å². The lowest BCUT2D eigenvalue weighted by Crippen LogP contribution is -2.49. The summed E-state index contributed by atoms with van der Waals surface area (Å²) in [6.07, 6.45) is 0.868. The van der Waals surface area contributed by atoms with Gasteiger partial charge in [-0.15, -0.1) is 0 Å². The van der Waals surface area contributed by atoms with E-state index in [0.717, 1.165) is 11.4 Å². The number of hydrogen-bond acceptors (Lipinski definition) is 2. The van der Waals surface area contributed by atoms with Crippen LogP contribution >= 0.6 is 11.6 Å². The maximum absolute atomic E-state index is 12.3. The number of rotatable bonds is 3. The highest BCUT2D eigenvalue weighted by Gasteiger charge is 2.34. The number of benzene rings is 1. The Balaban J connectivity index is 2.24. The predicted molar refractivity (Wildman–Crippen MR) is 77.7 cm³/mol. The number of para-hydroxylation sites is 2. The zero-order chi connectivity index (χ0) is 14.0. The first kappa shape index (κ1) is 13.9. The first-order valence-electron chi connectivity index (χ1n) is 6.31. The number of hydrogen-bond donors (Lipinski definition) is 0. The molecule has 0 aromatic heterocycles. The molecule has 1 amide bonds. The molecule has 4 heteroatoms. The van der Waals surface area contributed by atoms with Crippen LogP contribution in [0, 0.1) is 0 Å². The fourth-order valence-electron chi connectivity index (χ4n) is 2.16. The number of carbonyl (C=O) groups excluding carboxylic acids is 1. The van der Waals surface area contributed by atoms with Gasteiger partial charge in [0, 0.05) is 11.5 Å². The highest BCUT2D eigenvalue weighted by molar-refractivity contribution is 6.29. The molecular weight excluding hydrogens is 262 g/mol. The summed E-state index contributed by atoms with van der Waals surface area (Å²) >= 11 is 5.73. The van der Waals surface area contributed by atoms with E-state index in [2.05, 4.69) is 6.58 Å². The van der Waals surface area contributed by atoms with Crippen LogP contribution in [0.2, 0.25) is 0 Å². The Bertz CT molecular complexity index is 511. The second-order valence-electron chi connectivity index (χ2n) is 5.33. The summed E-state index contributed by atoms with van der Waals surface area (Å²) in [6.45, 7) is 8.11. The zero-order valence-electron chi connectivity index (χ0n) is 11.3. The number of ether oxygens (including phenoxy) is 1. The third-order valence-corrected chi connectivity index (χ3v) is 3.18. The van der Waals surface area contributed by atoms with Gasteiger partial charge in [-0.3, -0.25) is 4.79 Å². The van der Waals surface area contributed by atoms with Gasteiger partial charge in [0.2, 0.25) is 5.91 Å². The Morgan fingerprint density at radius 1 is 1.42 bits per heavy atom. The third kappa shape index (κ3) is 3.29. The Labute approximate surface area is 118 Å². The average molecular weight is 280 g/mol. The van der Waals surface area contributed by atoms with E-state index in [1.807, 2.05) is 38.1 Å². The molecule has 1 aliphatic heterocycles. The van der Waals surface area contributed by atoms with Crippen LogP contribution in [0.3, 0.4) is 0 Å². The van der Waals surface area contributed by atoms with Crippen molar-refractivity contribution in [1.29, 1.82) is 0 Å². The van der Waals surface area contributed by atoms with E-state index >= 15 is 0 Å². The van der Waals surface area contributed by atoms with E-state index in [4.69, 9.17) is 16.3 Å². The number of nitrogens with zero attached hydrogens (tertiary/aromatic N) is 1. The predicted octanol–water partition coefficient (Wildman–Crippen LogP) is 3.72. The number of allylic oxidation sites excluding steroid dienone is 1. The second kappa shape index (κ2) is 5.25. The van der Waals surface area contributed by atoms with E-state index in [1.165, 1.54) is 0 Å². The van der Waals surface area contributed by atoms with Crippen LogP contribution in [-0.4, -0.2) is 18.1 Å². The van der Waals surface area contributed by atoms with Crippen LogP contribution in [0.4, 0.5) is 5.69 Å². The van der Waals surface area contributed by atoms with Gasteiger partial charge in [0.25, 0.3) is 0 Å². The molecule has 0 atom stereocenters. The first-order chi connectivity index (χ1) is 8.89. The van der Waals surface area contributed by atoms with E-state index < -0.39 is 0 Å². The lowest BCUT2D eigenvalue weighted by molar-refractivity contribution is -0.119. The monoisotopic (exact) mass is 279 g/mol. The van der Waals surface area contributed by atoms with E-state index in [0.29, 0.717) is 24.4 Å². The largest absolute Gasteiger partial charge is 0.484 e. The number of anilines is 1. The molecule has 0 saturated heterocycles. The van der Waals surface area contributed by atoms with Crippen LogP contribution in [0.5, 0.6) is 5.75 Å². The normalized spacial score (nSPS) is 16.5. The van der Waals surface area contributed by atoms with Crippen molar-refractivity contribution in [3.05, 3.63) is 35.9 Å². The molecule has 0 bridgehead atoms. The van der Waals surface area contributed by atoms with E-state index in [-0.39, 0.29) is 11.5 Å². The SMILES string of the molecule is C=C(Cl)CCC(=O)N1CC(C)(C)Oc2ccccc21. The third-order valence-electron chi connectivity index (χ3n) is 2.99. The first-order valence-corrected chi connectivity index (χ1v) is 6.68. The fourth-order valence-corrected chi connectivity index (χ4v) is 2.26. The lowest BCUT2D eigenvalue weighted by Gasteiger charge is -2.39. The molecule has 1 aromatic rings. The van der Waals surface area contributed by atoms with Crippen molar-refractivity contribution in [3.8, 4) is 5.75 Å². The maximum atomic E-state index is 12.3. The summed E-state index contributed by atoms with van der Waals surface area (Å²) in [5, 5.41) is 0.508. The quantitative estimate of drug-likeness (QED) is 0.844. The summed E-state index contributed by atoms with van der Waals surface area (Å²) in [5.41, 5.74) is 0.439. The van der Waals surface area contributed by atoms with Gasteiger partial charge < -0.3 is 9.64 Å². The van der Waals surface area contributed by atoms with Crippen LogP contribution < -0.4 is 9.64 Å². The topological polar surface area (TPSA) is 29.5 Å². The van der Waals surface area contributed by atoms with Crippen molar-refractivity contribution in [1.82, 2.24) is 0 Å². The zero-order valence-corrected chi connectivity index (χ0v) is 12.0. The van der Waals surface area contributed by atoms with Gasteiger partial charge in [-0.25, -0.2) is 0 Å². The Kier molecular flexibility index (Phi) is 3.85. The highest BCUT2D eigenvalue weighted by atomic mass is 35.5. The van der Waals surface area contributed by atoms with Crippen molar-refractivity contribution < 1.29 is 9.53 Å². The van der Waals surface area contributed by atoms with Gasteiger partial charge in [0.15, 0.2) is 0 Å². The maximum Gasteiger partial charge on any atom is 0.227 e. The van der Waals surface area contributed by atoms with Gasteiger partial charge in [-0.2, -0.15) is 0 Å². The molecule has 0 N–H and O–H groups in total. The molecule has 0 radical (unpaired) electrons. The van der Waals surface area contributed by atoms with E-state index in [1.54, 1.807) is 4.90 Å². The number of carbonyl (C=O) groups is 1. The molecule has 1 aromatic carbocycles. The Hall–Kier alpha value is -1.48. The van der Waals surface area contributed by atoms with Gasteiger partial charge >= 0.3 is 0 Å². The molecular formula is C15H18ClNO2. The standard InChI is InChI=1S/C15H18ClNO2/c1-11(16)8-9-14(18)17-10-15(2,3)19-13-7-5-4-6-12(13)17/h4-7H,1,8-10H2,2-3H3. The van der Waals surface area contributed by atoms with Crippen molar-refractivity contribution in [2.75, 3.05) is 11.4 Å². The summed E-state index contributed by atoms with van der Waals surface area (Å²) in [5.74, 6) is 0.794. The van der Waals surface area contributed by atoms with Crippen LogP contribution in [-0.2, 0) is 4.79 Å². The summed E-state index contributed by atoms with van der Waals surface area (Å²) in [6, 6.07) is 7.60. The molecule has 0 aliphatic carbocycles. The summed E-state index contributed by atoms with van der Waals surface area (Å²) < 4.78 is 5.89. The molecule has 1 heterocycles. The summed E-state index contributed by atoms with van der Waals surface area (Å²) in [4.78, 5) is 14.1. The lowest BCUT2D eigenvalue weighted by atomic mass is 10.0. The fraction of sp³-hybridized carbons (Fsp3) is 0.400. The molecule has 3 nitrogen and oxygen atoms in total. The Morgan fingerprint density at radius 2 is 2.11 bits per heavy atom. The van der Waals surface area contributed by atoms with Crippen LogP contribution in [0.25, 0.3) is 0 Å². The smallest absolute Gasteiger partial charge is 0.227 e. The highest BCUT2D eigenvalue weighted by Crippen LogP contribution is 2.37. The second-order valence-corrected chi connectivity index (χ2v) is 5.86. The van der Waals surface area contributed by atoms with Gasteiger partial charge in [-0.1, -0.05) is 30.3 Å². The number of amides is 1.